The molecule has 1 saturated heterocycles. The van der Waals surface area contributed by atoms with Crippen molar-refractivity contribution >= 4 is 32.4 Å². The Morgan fingerprint density at radius 1 is 1.17 bits per heavy atom. The van der Waals surface area contributed by atoms with Crippen molar-refractivity contribution in [3.05, 3.63) is 77.8 Å². The Balaban J connectivity index is 1.22. The van der Waals surface area contributed by atoms with Crippen LogP contribution in [0.3, 0.4) is 0 Å². The van der Waals surface area contributed by atoms with Gasteiger partial charge in [-0.1, -0.05) is 19.1 Å². The number of rotatable bonds is 8. The van der Waals surface area contributed by atoms with Gasteiger partial charge in [-0.05, 0) is 73.2 Å². The summed E-state index contributed by atoms with van der Waals surface area (Å²) in [7, 11) is -3.60. The highest BCUT2D eigenvalue weighted by atomic mass is 32.2. The molecule has 10 nitrogen and oxygen atoms in total. The zero-order valence-corrected chi connectivity index (χ0v) is 24.1. The molecule has 0 bridgehead atoms. The summed E-state index contributed by atoms with van der Waals surface area (Å²) in [6.07, 6.45) is 9.22. The molecule has 2 aromatic heterocycles. The summed E-state index contributed by atoms with van der Waals surface area (Å²) in [6, 6.07) is 11.7. The molecule has 2 aromatic carbocycles. The predicted octanol–water partition coefficient (Wildman–Crippen LogP) is 3.94. The molecule has 1 N–H and O–H groups in total. The fraction of sp³-hybridized carbons (Fsp3) is 0.367. The number of hydrogen-bond acceptors (Lipinski definition) is 6. The van der Waals surface area contributed by atoms with Crippen LogP contribution in [0.15, 0.2) is 66.0 Å². The largest absolute Gasteiger partial charge is 0.379 e. The molecular formula is C30H34N6O4S. The van der Waals surface area contributed by atoms with Crippen molar-refractivity contribution in [1.82, 2.24) is 29.2 Å². The van der Waals surface area contributed by atoms with Gasteiger partial charge in [0.05, 0.1) is 36.2 Å². The zero-order valence-electron chi connectivity index (χ0n) is 23.3. The van der Waals surface area contributed by atoms with Crippen molar-refractivity contribution in [2.75, 3.05) is 26.3 Å². The normalized spacial score (nSPS) is 18.1. The second-order valence-corrected chi connectivity index (χ2v) is 12.6. The van der Waals surface area contributed by atoms with Crippen molar-refractivity contribution < 1.29 is 17.9 Å². The maximum absolute atomic E-state index is 13.2. The van der Waals surface area contributed by atoms with Gasteiger partial charge in [-0.3, -0.25) is 9.48 Å². The predicted molar refractivity (Wildman–Crippen MR) is 156 cm³/mol. The first-order valence-corrected chi connectivity index (χ1v) is 15.5. The summed E-state index contributed by atoms with van der Waals surface area (Å²) in [5.74, 6) is -0.118. The molecular weight excluding hydrogens is 540 g/mol. The van der Waals surface area contributed by atoms with Gasteiger partial charge in [-0.25, -0.2) is 13.1 Å². The molecule has 4 aromatic rings. The smallest absolute Gasteiger partial charge is 0.251 e. The van der Waals surface area contributed by atoms with E-state index in [0.717, 1.165) is 46.1 Å². The van der Waals surface area contributed by atoms with Gasteiger partial charge < -0.3 is 10.1 Å². The Morgan fingerprint density at radius 2 is 2.05 bits per heavy atom. The summed E-state index contributed by atoms with van der Waals surface area (Å²) < 4.78 is 36.8. The zero-order chi connectivity index (χ0) is 28.6. The van der Waals surface area contributed by atoms with Crippen LogP contribution in [-0.4, -0.2) is 70.5 Å². The van der Waals surface area contributed by atoms with Gasteiger partial charge in [0.15, 0.2) is 0 Å². The second kappa shape index (κ2) is 11.2. The third-order valence-electron chi connectivity index (χ3n) is 7.75. The van der Waals surface area contributed by atoms with E-state index in [1.807, 2.05) is 42.1 Å². The standard InChI is InChI=1S/C30H34N6O4S/c1-3-10-34-19-27(18-31-34)41(38,39)35-11-7-22(8-12-35)28-16-24-17-32-36(29(24)14-21(28)2)26-6-4-5-23(15-26)30(37)33-25-9-13-40-20-25/h4-7,14-19,25H,3,8-13,20H2,1-2H3,(H,33,37). The van der Waals surface area contributed by atoms with Gasteiger partial charge in [0.2, 0.25) is 10.0 Å². The second-order valence-electron chi connectivity index (χ2n) is 10.6. The first kappa shape index (κ1) is 27.4. The molecule has 2 aliphatic heterocycles. The van der Waals surface area contributed by atoms with Crippen LogP contribution in [0, 0.1) is 6.92 Å². The third kappa shape index (κ3) is 5.44. The van der Waals surface area contributed by atoms with Gasteiger partial charge in [0.25, 0.3) is 5.91 Å². The lowest BCUT2D eigenvalue weighted by Crippen LogP contribution is -2.35. The Bertz CT molecular complexity index is 1730. The van der Waals surface area contributed by atoms with E-state index in [1.54, 1.807) is 16.9 Å². The van der Waals surface area contributed by atoms with Crippen molar-refractivity contribution in [3.8, 4) is 5.69 Å². The Morgan fingerprint density at radius 3 is 2.80 bits per heavy atom. The van der Waals surface area contributed by atoms with Gasteiger partial charge in [0, 0.05) is 43.4 Å². The lowest BCUT2D eigenvalue weighted by atomic mass is 9.95. The first-order valence-electron chi connectivity index (χ1n) is 14.0. The van der Waals surface area contributed by atoms with Crippen LogP contribution in [-0.2, 0) is 21.3 Å². The molecule has 0 saturated carbocycles. The van der Waals surface area contributed by atoms with Gasteiger partial charge >= 0.3 is 0 Å². The fourth-order valence-electron chi connectivity index (χ4n) is 5.52. The number of hydrogen-bond donors (Lipinski definition) is 1. The van der Waals surface area contributed by atoms with Crippen molar-refractivity contribution in [3.63, 3.8) is 0 Å². The number of amides is 1. The van der Waals surface area contributed by atoms with Crippen LogP contribution in [0.5, 0.6) is 0 Å². The van der Waals surface area contributed by atoms with Crippen LogP contribution in [0.1, 0.15) is 47.7 Å². The molecule has 2 aliphatic rings. The maximum Gasteiger partial charge on any atom is 0.251 e. The SMILES string of the molecule is CCCn1cc(S(=O)(=O)N2CC=C(c3cc4cnn(-c5cccc(C(=O)NC6CCOC6)c5)c4cc3C)CC2)cn1. The lowest BCUT2D eigenvalue weighted by molar-refractivity contribution is 0.0930. The summed E-state index contributed by atoms with van der Waals surface area (Å²) in [4.78, 5) is 13.0. The molecule has 4 heterocycles. The Kier molecular flexibility index (Phi) is 7.50. The average Bonchev–Trinajstić information content (AvgIpc) is 3.75. The monoisotopic (exact) mass is 574 g/mol. The van der Waals surface area contributed by atoms with Crippen molar-refractivity contribution in [2.24, 2.45) is 0 Å². The molecule has 0 spiro atoms. The number of carbonyl (C=O) groups is 1. The van der Waals surface area contributed by atoms with Crippen LogP contribution in [0.25, 0.3) is 22.2 Å². The van der Waals surface area contributed by atoms with E-state index in [0.29, 0.717) is 44.8 Å². The van der Waals surface area contributed by atoms with Gasteiger partial charge in [0.1, 0.15) is 4.90 Å². The average molecular weight is 575 g/mol. The maximum atomic E-state index is 13.2. The first-order chi connectivity index (χ1) is 19.8. The van der Waals surface area contributed by atoms with Crippen LogP contribution >= 0.6 is 0 Å². The highest BCUT2D eigenvalue weighted by molar-refractivity contribution is 7.89. The van der Waals surface area contributed by atoms with Crippen molar-refractivity contribution in [2.45, 2.75) is 50.6 Å². The molecule has 0 radical (unpaired) electrons. The highest BCUT2D eigenvalue weighted by Gasteiger charge is 2.28. The molecule has 0 aliphatic carbocycles. The minimum Gasteiger partial charge on any atom is -0.379 e. The molecule has 6 rings (SSSR count). The van der Waals surface area contributed by atoms with Gasteiger partial charge in [-0.2, -0.15) is 14.5 Å². The van der Waals surface area contributed by atoms with Crippen LogP contribution in [0.4, 0.5) is 0 Å². The van der Waals surface area contributed by atoms with E-state index >= 15 is 0 Å². The molecule has 1 unspecified atom stereocenters. The van der Waals surface area contributed by atoms with Crippen molar-refractivity contribution in [1.29, 1.82) is 0 Å². The minimum atomic E-state index is -3.60. The van der Waals surface area contributed by atoms with E-state index in [2.05, 4.69) is 34.6 Å². The summed E-state index contributed by atoms with van der Waals surface area (Å²) in [5, 5.41) is 12.8. The van der Waals surface area contributed by atoms with E-state index in [4.69, 9.17) is 4.74 Å². The number of benzene rings is 2. The highest BCUT2D eigenvalue weighted by Crippen LogP contribution is 2.31. The quantitative estimate of drug-likeness (QED) is 0.341. The molecule has 41 heavy (non-hydrogen) atoms. The van der Waals surface area contributed by atoms with E-state index in [1.165, 1.54) is 10.5 Å². The summed E-state index contributed by atoms with van der Waals surface area (Å²) in [6.45, 7) is 6.72. The number of aryl methyl sites for hydroxylation is 2. The van der Waals surface area contributed by atoms with E-state index in [-0.39, 0.29) is 16.8 Å². The summed E-state index contributed by atoms with van der Waals surface area (Å²) in [5.41, 5.74) is 5.63. The number of carbonyl (C=O) groups excluding carboxylic acids is 1. The third-order valence-corrected chi connectivity index (χ3v) is 9.57. The number of sulfonamides is 1. The molecule has 214 valence electrons. The fourth-order valence-corrected chi connectivity index (χ4v) is 6.85. The Hall–Kier alpha value is -3.80. The minimum absolute atomic E-state index is 0.0452. The summed E-state index contributed by atoms with van der Waals surface area (Å²) >= 11 is 0. The van der Waals surface area contributed by atoms with Crippen LogP contribution in [0.2, 0.25) is 0 Å². The number of nitrogens with one attached hydrogen (secondary N) is 1. The number of fused-ring (bicyclic) bond motifs is 1. The topological polar surface area (TPSA) is 111 Å². The Labute approximate surface area is 239 Å². The number of ether oxygens (including phenoxy) is 1. The van der Waals surface area contributed by atoms with Gasteiger partial charge in [-0.15, -0.1) is 0 Å². The molecule has 1 fully saturated rings. The lowest BCUT2D eigenvalue weighted by Gasteiger charge is -2.26. The molecule has 1 atom stereocenters. The number of nitrogens with zero attached hydrogens (tertiary/aromatic N) is 5. The van der Waals surface area contributed by atoms with E-state index in [9.17, 15) is 13.2 Å². The van der Waals surface area contributed by atoms with E-state index < -0.39 is 10.0 Å². The molecule has 1 amide bonds. The molecule has 11 heteroatoms. The van der Waals surface area contributed by atoms with Crippen LogP contribution < -0.4 is 5.32 Å². The number of aromatic nitrogens is 4.